The third kappa shape index (κ3) is 2.29. The number of sulfone groups is 1. The standard InChI is InChI=1S/C13H15N3O2S/c1-19(17,18)12-4-2-11(3-5-12)16-13-6-7-14-8-10(13)9-15-16/h2-5,9,14H,6-8H2,1H3. The molecule has 0 radical (unpaired) electrons. The minimum Gasteiger partial charge on any atom is -0.312 e. The summed E-state index contributed by atoms with van der Waals surface area (Å²) in [6.45, 7) is 1.79. The number of nitrogens with zero attached hydrogens (tertiary/aromatic N) is 2. The van der Waals surface area contributed by atoms with Gasteiger partial charge >= 0.3 is 0 Å². The van der Waals surface area contributed by atoms with Crippen molar-refractivity contribution in [2.75, 3.05) is 12.8 Å². The van der Waals surface area contributed by atoms with Crippen LogP contribution in [-0.2, 0) is 22.8 Å². The first-order chi connectivity index (χ1) is 9.05. The molecule has 0 aliphatic carbocycles. The van der Waals surface area contributed by atoms with Gasteiger partial charge in [-0.15, -0.1) is 0 Å². The highest BCUT2D eigenvalue weighted by Gasteiger charge is 2.16. The highest BCUT2D eigenvalue weighted by atomic mass is 32.2. The fourth-order valence-corrected chi connectivity index (χ4v) is 2.94. The van der Waals surface area contributed by atoms with Crippen molar-refractivity contribution in [1.82, 2.24) is 15.1 Å². The van der Waals surface area contributed by atoms with E-state index in [-0.39, 0.29) is 0 Å². The van der Waals surface area contributed by atoms with Gasteiger partial charge in [-0.25, -0.2) is 13.1 Å². The minimum atomic E-state index is -3.15. The topological polar surface area (TPSA) is 64.0 Å². The van der Waals surface area contributed by atoms with Crippen molar-refractivity contribution < 1.29 is 8.42 Å². The maximum Gasteiger partial charge on any atom is 0.175 e. The van der Waals surface area contributed by atoms with E-state index in [9.17, 15) is 8.42 Å². The van der Waals surface area contributed by atoms with Crippen molar-refractivity contribution in [3.8, 4) is 5.69 Å². The molecule has 19 heavy (non-hydrogen) atoms. The van der Waals surface area contributed by atoms with E-state index >= 15 is 0 Å². The monoisotopic (exact) mass is 277 g/mol. The maximum atomic E-state index is 11.4. The molecule has 2 aromatic rings. The quantitative estimate of drug-likeness (QED) is 0.886. The van der Waals surface area contributed by atoms with Crippen molar-refractivity contribution >= 4 is 9.84 Å². The Morgan fingerprint density at radius 1 is 1.26 bits per heavy atom. The Balaban J connectivity index is 2.01. The lowest BCUT2D eigenvalue weighted by Crippen LogP contribution is -2.24. The second kappa shape index (κ2) is 4.47. The molecular formula is C13H15N3O2S. The Hall–Kier alpha value is -1.66. The first-order valence-electron chi connectivity index (χ1n) is 6.13. The van der Waals surface area contributed by atoms with Gasteiger partial charge in [-0.05, 0) is 24.3 Å². The molecule has 6 heteroatoms. The summed E-state index contributed by atoms with van der Waals surface area (Å²) in [6.07, 6.45) is 4.01. The summed E-state index contributed by atoms with van der Waals surface area (Å²) in [7, 11) is -3.15. The van der Waals surface area contributed by atoms with Crippen molar-refractivity contribution in [2.24, 2.45) is 0 Å². The Kier molecular flexibility index (Phi) is 2.91. The smallest absolute Gasteiger partial charge is 0.175 e. The molecule has 0 saturated carbocycles. The van der Waals surface area contributed by atoms with Crippen LogP contribution in [0.15, 0.2) is 35.4 Å². The van der Waals surface area contributed by atoms with Crippen LogP contribution in [0, 0.1) is 0 Å². The predicted octanol–water partition coefficient (Wildman–Crippen LogP) is 0.921. The molecule has 5 nitrogen and oxygen atoms in total. The molecule has 1 N–H and O–H groups in total. The van der Waals surface area contributed by atoms with Crippen molar-refractivity contribution in [1.29, 1.82) is 0 Å². The highest BCUT2D eigenvalue weighted by Crippen LogP contribution is 2.19. The number of hydrogen-bond acceptors (Lipinski definition) is 4. The summed E-state index contributed by atoms with van der Waals surface area (Å²) in [4.78, 5) is 0.332. The first-order valence-corrected chi connectivity index (χ1v) is 8.02. The summed E-state index contributed by atoms with van der Waals surface area (Å²) in [5, 5.41) is 7.69. The number of fused-ring (bicyclic) bond motifs is 1. The molecule has 0 amide bonds. The van der Waals surface area contributed by atoms with Gasteiger partial charge in [-0.1, -0.05) is 0 Å². The van der Waals surface area contributed by atoms with Crippen LogP contribution < -0.4 is 5.32 Å². The van der Waals surface area contributed by atoms with Gasteiger partial charge in [-0.3, -0.25) is 0 Å². The summed E-state index contributed by atoms with van der Waals surface area (Å²) < 4.78 is 24.8. The third-order valence-electron chi connectivity index (χ3n) is 3.32. The van der Waals surface area contributed by atoms with Crippen LogP contribution in [0.4, 0.5) is 0 Å². The minimum absolute atomic E-state index is 0.332. The van der Waals surface area contributed by atoms with Crippen LogP contribution in [-0.4, -0.2) is 31.0 Å². The Labute approximate surface area is 112 Å². The van der Waals surface area contributed by atoms with E-state index in [1.165, 1.54) is 17.5 Å². The maximum absolute atomic E-state index is 11.4. The Bertz CT molecular complexity index is 702. The van der Waals surface area contributed by atoms with Gasteiger partial charge in [0.05, 0.1) is 16.8 Å². The third-order valence-corrected chi connectivity index (χ3v) is 4.45. The van der Waals surface area contributed by atoms with Gasteiger partial charge in [-0.2, -0.15) is 5.10 Å². The van der Waals surface area contributed by atoms with Crippen LogP contribution in [0.1, 0.15) is 11.3 Å². The molecule has 0 fully saturated rings. The van der Waals surface area contributed by atoms with Crippen LogP contribution >= 0.6 is 0 Å². The average Bonchev–Trinajstić information content (AvgIpc) is 2.82. The lowest BCUT2D eigenvalue weighted by molar-refractivity contribution is 0.602. The molecule has 0 unspecified atom stereocenters. The summed E-state index contributed by atoms with van der Waals surface area (Å²) >= 11 is 0. The highest BCUT2D eigenvalue weighted by molar-refractivity contribution is 7.90. The Morgan fingerprint density at radius 3 is 2.68 bits per heavy atom. The number of benzene rings is 1. The molecule has 0 saturated heterocycles. The van der Waals surface area contributed by atoms with E-state index in [0.29, 0.717) is 4.90 Å². The summed E-state index contributed by atoms with van der Waals surface area (Å²) in [5.74, 6) is 0. The van der Waals surface area contributed by atoms with Crippen LogP contribution in [0.2, 0.25) is 0 Å². The molecule has 0 spiro atoms. The van der Waals surface area contributed by atoms with Crippen LogP contribution in [0.3, 0.4) is 0 Å². The second-order valence-electron chi connectivity index (χ2n) is 4.72. The number of nitrogens with one attached hydrogen (secondary N) is 1. The van der Waals surface area contributed by atoms with E-state index in [2.05, 4.69) is 10.4 Å². The number of rotatable bonds is 2. The van der Waals surface area contributed by atoms with Crippen molar-refractivity contribution in [2.45, 2.75) is 17.9 Å². The zero-order valence-electron chi connectivity index (χ0n) is 10.6. The molecule has 100 valence electrons. The molecule has 2 heterocycles. The fraction of sp³-hybridized carbons (Fsp3) is 0.308. The number of aromatic nitrogens is 2. The van der Waals surface area contributed by atoms with Crippen LogP contribution in [0.5, 0.6) is 0 Å². The van der Waals surface area contributed by atoms with E-state index in [1.807, 2.05) is 10.9 Å². The lowest BCUT2D eigenvalue weighted by atomic mass is 10.1. The van der Waals surface area contributed by atoms with Crippen LogP contribution in [0.25, 0.3) is 5.69 Å². The molecule has 3 rings (SSSR count). The van der Waals surface area contributed by atoms with E-state index < -0.39 is 9.84 Å². The first kappa shape index (κ1) is 12.4. The van der Waals surface area contributed by atoms with Gasteiger partial charge in [0.25, 0.3) is 0 Å². The zero-order valence-corrected chi connectivity index (χ0v) is 11.4. The molecule has 1 aliphatic heterocycles. The molecule has 1 aromatic heterocycles. The average molecular weight is 277 g/mol. The van der Waals surface area contributed by atoms with E-state index in [1.54, 1.807) is 24.3 Å². The molecular weight excluding hydrogens is 262 g/mol. The molecule has 0 atom stereocenters. The lowest BCUT2D eigenvalue weighted by Gasteiger charge is -2.15. The predicted molar refractivity (Wildman–Crippen MR) is 72.1 cm³/mol. The molecule has 1 aromatic carbocycles. The van der Waals surface area contributed by atoms with Gasteiger partial charge in [0.15, 0.2) is 9.84 Å². The van der Waals surface area contributed by atoms with Crippen molar-refractivity contribution in [3.63, 3.8) is 0 Å². The Morgan fingerprint density at radius 2 is 2.00 bits per heavy atom. The molecule has 0 bridgehead atoms. The fourth-order valence-electron chi connectivity index (χ4n) is 2.31. The van der Waals surface area contributed by atoms with Gasteiger partial charge in [0.2, 0.25) is 0 Å². The SMILES string of the molecule is CS(=O)(=O)c1ccc(-n2ncc3c2CCNC3)cc1. The second-order valence-corrected chi connectivity index (χ2v) is 6.74. The largest absolute Gasteiger partial charge is 0.312 e. The van der Waals surface area contributed by atoms with Crippen molar-refractivity contribution in [3.05, 3.63) is 41.7 Å². The summed E-state index contributed by atoms with van der Waals surface area (Å²) in [5.41, 5.74) is 3.31. The normalized spacial score (nSPS) is 15.2. The van der Waals surface area contributed by atoms with Gasteiger partial charge < -0.3 is 5.32 Å². The van der Waals surface area contributed by atoms with Gasteiger partial charge in [0.1, 0.15) is 0 Å². The zero-order chi connectivity index (χ0) is 13.5. The van der Waals surface area contributed by atoms with E-state index in [0.717, 1.165) is 25.2 Å². The van der Waals surface area contributed by atoms with E-state index in [4.69, 9.17) is 0 Å². The summed E-state index contributed by atoms with van der Waals surface area (Å²) in [6, 6.07) is 6.84. The van der Waals surface area contributed by atoms with Gasteiger partial charge in [0, 0.05) is 37.0 Å². The molecule has 1 aliphatic rings. The number of hydrogen-bond donors (Lipinski definition) is 1.